The van der Waals surface area contributed by atoms with Gasteiger partial charge in [0.05, 0.1) is 0 Å². The van der Waals surface area contributed by atoms with Crippen molar-refractivity contribution in [2.75, 3.05) is 13.2 Å². The van der Waals surface area contributed by atoms with Crippen LogP contribution in [-0.4, -0.2) is 13.2 Å². The summed E-state index contributed by atoms with van der Waals surface area (Å²) in [5.74, 6) is 1.75. The van der Waals surface area contributed by atoms with Gasteiger partial charge in [-0.05, 0) is 59.0 Å². The lowest BCUT2D eigenvalue weighted by atomic mass is 10.3. The number of para-hydroxylation sites is 1. The molecule has 2 nitrogen and oxygen atoms in total. The average molecular weight is 340 g/mol. The molecule has 0 amide bonds. The fraction of sp³-hybridized carbons (Fsp3) is 0.143. The monoisotopic (exact) mass is 340 g/mol. The molecule has 0 aliphatic heterocycles. The van der Waals surface area contributed by atoms with Crippen molar-refractivity contribution >= 4 is 22.6 Å². The van der Waals surface area contributed by atoms with Gasteiger partial charge in [-0.2, -0.15) is 0 Å². The van der Waals surface area contributed by atoms with Gasteiger partial charge in [0.25, 0.3) is 0 Å². The predicted molar refractivity (Wildman–Crippen MR) is 76.6 cm³/mol. The first kappa shape index (κ1) is 12.2. The van der Waals surface area contributed by atoms with Crippen LogP contribution in [0.5, 0.6) is 11.5 Å². The average Bonchev–Trinajstić information content (AvgIpc) is 2.38. The van der Waals surface area contributed by atoms with Crippen molar-refractivity contribution in [2.24, 2.45) is 0 Å². The molecule has 0 aliphatic carbocycles. The van der Waals surface area contributed by atoms with E-state index in [1.165, 1.54) is 3.57 Å². The minimum atomic E-state index is 0.551. The molecule has 0 radical (unpaired) electrons. The Morgan fingerprint density at radius 2 is 1.24 bits per heavy atom. The van der Waals surface area contributed by atoms with E-state index in [0.717, 1.165) is 11.5 Å². The molecule has 2 aromatic carbocycles. The summed E-state index contributed by atoms with van der Waals surface area (Å²) in [7, 11) is 0. The minimum Gasteiger partial charge on any atom is -0.490 e. The van der Waals surface area contributed by atoms with Crippen LogP contribution in [0.25, 0.3) is 0 Å². The summed E-state index contributed by atoms with van der Waals surface area (Å²) in [5.41, 5.74) is 0. The lowest BCUT2D eigenvalue weighted by Crippen LogP contribution is -2.08. The summed E-state index contributed by atoms with van der Waals surface area (Å²) in [6, 6.07) is 17.7. The fourth-order valence-corrected chi connectivity index (χ4v) is 1.73. The molecule has 0 saturated heterocycles. The molecule has 0 heterocycles. The lowest BCUT2D eigenvalue weighted by Gasteiger charge is -2.08. The second-order valence-corrected chi connectivity index (χ2v) is 4.71. The molecule has 0 atom stereocenters. The van der Waals surface area contributed by atoms with Gasteiger partial charge in [0.2, 0.25) is 0 Å². The molecule has 3 heteroatoms. The SMILES string of the molecule is Ic1ccc(OCCOc2ccccc2)cc1. The van der Waals surface area contributed by atoms with Gasteiger partial charge in [-0.25, -0.2) is 0 Å². The van der Waals surface area contributed by atoms with Gasteiger partial charge >= 0.3 is 0 Å². The van der Waals surface area contributed by atoms with E-state index in [4.69, 9.17) is 9.47 Å². The smallest absolute Gasteiger partial charge is 0.122 e. The lowest BCUT2D eigenvalue weighted by molar-refractivity contribution is 0.217. The van der Waals surface area contributed by atoms with E-state index in [2.05, 4.69) is 22.6 Å². The van der Waals surface area contributed by atoms with Crippen molar-refractivity contribution < 1.29 is 9.47 Å². The Morgan fingerprint density at radius 1 is 0.706 bits per heavy atom. The minimum absolute atomic E-state index is 0.551. The quantitative estimate of drug-likeness (QED) is 0.610. The predicted octanol–water partition coefficient (Wildman–Crippen LogP) is 3.75. The molecule has 2 rings (SSSR count). The first-order valence-corrected chi connectivity index (χ1v) is 6.49. The van der Waals surface area contributed by atoms with Gasteiger partial charge in [0.1, 0.15) is 24.7 Å². The summed E-state index contributed by atoms with van der Waals surface area (Å²) in [4.78, 5) is 0. The second-order valence-electron chi connectivity index (χ2n) is 3.46. The maximum Gasteiger partial charge on any atom is 0.122 e. The topological polar surface area (TPSA) is 18.5 Å². The van der Waals surface area contributed by atoms with E-state index in [-0.39, 0.29) is 0 Å². The highest BCUT2D eigenvalue weighted by Crippen LogP contribution is 2.13. The summed E-state index contributed by atoms with van der Waals surface area (Å²) >= 11 is 2.27. The third-order valence-electron chi connectivity index (χ3n) is 2.18. The molecule has 17 heavy (non-hydrogen) atoms. The summed E-state index contributed by atoms with van der Waals surface area (Å²) in [5, 5.41) is 0. The number of ether oxygens (including phenoxy) is 2. The number of hydrogen-bond acceptors (Lipinski definition) is 2. The van der Waals surface area contributed by atoms with Gasteiger partial charge in [-0.1, -0.05) is 18.2 Å². The summed E-state index contributed by atoms with van der Waals surface area (Å²) < 4.78 is 12.3. The van der Waals surface area contributed by atoms with Crippen molar-refractivity contribution in [1.82, 2.24) is 0 Å². The third-order valence-corrected chi connectivity index (χ3v) is 2.90. The maximum atomic E-state index is 5.55. The van der Waals surface area contributed by atoms with E-state index in [1.54, 1.807) is 0 Å². The molecular formula is C14H13IO2. The Balaban J connectivity index is 1.71. The van der Waals surface area contributed by atoms with Crippen LogP contribution in [-0.2, 0) is 0 Å². The van der Waals surface area contributed by atoms with Crippen molar-refractivity contribution in [2.45, 2.75) is 0 Å². The summed E-state index contributed by atoms with van der Waals surface area (Å²) in [6.45, 7) is 1.10. The van der Waals surface area contributed by atoms with Crippen molar-refractivity contribution in [3.05, 3.63) is 58.2 Å². The zero-order chi connectivity index (χ0) is 11.9. The fourth-order valence-electron chi connectivity index (χ4n) is 1.37. The molecule has 88 valence electrons. The van der Waals surface area contributed by atoms with Gasteiger partial charge in [0, 0.05) is 3.57 Å². The van der Waals surface area contributed by atoms with Crippen LogP contribution in [0.1, 0.15) is 0 Å². The molecule has 0 unspecified atom stereocenters. The first-order valence-electron chi connectivity index (χ1n) is 5.41. The van der Waals surface area contributed by atoms with E-state index in [9.17, 15) is 0 Å². The van der Waals surface area contributed by atoms with E-state index in [1.807, 2.05) is 54.6 Å². The molecule has 0 aliphatic rings. The molecule has 0 spiro atoms. The van der Waals surface area contributed by atoms with Crippen molar-refractivity contribution in [1.29, 1.82) is 0 Å². The molecule has 0 aromatic heterocycles. The van der Waals surface area contributed by atoms with Crippen LogP contribution in [0.2, 0.25) is 0 Å². The van der Waals surface area contributed by atoms with Crippen LogP contribution >= 0.6 is 22.6 Å². The Labute approximate surface area is 115 Å². The van der Waals surface area contributed by atoms with Gasteiger partial charge in [-0.3, -0.25) is 0 Å². The third kappa shape index (κ3) is 4.26. The van der Waals surface area contributed by atoms with Crippen LogP contribution in [0.4, 0.5) is 0 Å². The van der Waals surface area contributed by atoms with E-state index in [0.29, 0.717) is 13.2 Å². The van der Waals surface area contributed by atoms with E-state index < -0.39 is 0 Å². The molecule has 0 fully saturated rings. The number of rotatable bonds is 5. The second kappa shape index (κ2) is 6.49. The van der Waals surface area contributed by atoms with Gasteiger partial charge in [-0.15, -0.1) is 0 Å². The van der Waals surface area contributed by atoms with Crippen molar-refractivity contribution in [3.63, 3.8) is 0 Å². The first-order chi connectivity index (χ1) is 8.34. The number of benzene rings is 2. The normalized spacial score (nSPS) is 9.94. The Hall–Kier alpha value is -1.23. The maximum absolute atomic E-state index is 5.55. The van der Waals surface area contributed by atoms with Crippen LogP contribution in [0.3, 0.4) is 0 Å². The molecular weight excluding hydrogens is 327 g/mol. The molecule has 0 saturated carbocycles. The highest BCUT2D eigenvalue weighted by atomic mass is 127. The highest BCUT2D eigenvalue weighted by Gasteiger charge is 1.95. The van der Waals surface area contributed by atoms with Crippen LogP contribution < -0.4 is 9.47 Å². The van der Waals surface area contributed by atoms with Gasteiger partial charge in [0.15, 0.2) is 0 Å². The Kier molecular flexibility index (Phi) is 4.67. The number of halogens is 1. The summed E-state index contributed by atoms with van der Waals surface area (Å²) in [6.07, 6.45) is 0. The largest absolute Gasteiger partial charge is 0.490 e. The van der Waals surface area contributed by atoms with Crippen LogP contribution in [0, 0.1) is 3.57 Å². The zero-order valence-corrected chi connectivity index (χ0v) is 11.5. The Bertz CT molecular complexity index is 440. The molecule has 0 N–H and O–H groups in total. The van der Waals surface area contributed by atoms with Crippen molar-refractivity contribution in [3.8, 4) is 11.5 Å². The Morgan fingerprint density at radius 3 is 1.82 bits per heavy atom. The standard InChI is InChI=1S/C14H13IO2/c15-12-6-8-14(9-7-12)17-11-10-16-13-4-2-1-3-5-13/h1-9H,10-11H2. The molecule has 0 bridgehead atoms. The highest BCUT2D eigenvalue weighted by molar-refractivity contribution is 14.1. The zero-order valence-electron chi connectivity index (χ0n) is 9.30. The van der Waals surface area contributed by atoms with Crippen LogP contribution in [0.15, 0.2) is 54.6 Å². The van der Waals surface area contributed by atoms with Gasteiger partial charge < -0.3 is 9.47 Å². The molecule has 2 aromatic rings. The number of hydrogen-bond donors (Lipinski definition) is 0. The van der Waals surface area contributed by atoms with E-state index >= 15 is 0 Å².